The average molecular weight is 430 g/mol. The first kappa shape index (κ1) is 20.2. The normalized spacial score (nSPS) is 13.0. The van der Waals surface area contributed by atoms with Crippen LogP contribution >= 0.6 is 23.2 Å². The van der Waals surface area contributed by atoms with Gasteiger partial charge in [-0.15, -0.1) is 0 Å². The van der Waals surface area contributed by atoms with E-state index in [1.54, 1.807) is 6.20 Å². The maximum atomic E-state index is 6.72. The molecule has 0 radical (unpaired) electrons. The van der Waals surface area contributed by atoms with Crippen molar-refractivity contribution in [1.82, 2.24) is 14.5 Å². The van der Waals surface area contributed by atoms with E-state index < -0.39 is 0 Å². The molecule has 4 aromatic rings. The molecule has 0 aliphatic rings. The van der Waals surface area contributed by atoms with Gasteiger partial charge in [-0.3, -0.25) is 4.98 Å². The van der Waals surface area contributed by atoms with Gasteiger partial charge in [0.25, 0.3) is 0 Å². The zero-order valence-electron chi connectivity index (χ0n) is 17.8. The molecule has 0 fully saturated rings. The number of hydrogen-bond donors (Lipinski definition) is 1. The summed E-state index contributed by atoms with van der Waals surface area (Å²) in [6.45, 7) is 11.9. The molecule has 4 aromatic heterocycles. The molecular formula is C23H27Cl2N4+. The van der Waals surface area contributed by atoms with Crippen LogP contribution in [0.3, 0.4) is 0 Å². The molecule has 6 heteroatoms. The van der Waals surface area contributed by atoms with Gasteiger partial charge in [0.2, 0.25) is 0 Å². The fraction of sp³-hybridized carbons (Fsp3) is 0.391. The second kappa shape index (κ2) is 6.75. The van der Waals surface area contributed by atoms with Crippen molar-refractivity contribution < 1.29 is 4.57 Å². The molecule has 0 aliphatic heterocycles. The first-order valence-electron chi connectivity index (χ1n) is 9.78. The summed E-state index contributed by atoms with van der Waals surface area (Å²) in [5.41, 5.74) is 4.30. The topological polar surface area (TPSA) is 37.5 Å². The summed E-state index contributed by atoms with van der Waals surface area (Å²) in [4.78, 5) is 7.68. The molecule has 4 rings (SSSR count). The maximum Gasteiger partial charge on any atom is 0.189 e. The van der Waals surface area contributed by atoms with Crippen molar-refractivity contribution in [2.75, 3.05) is 0 Å². The summed E-state index contributed by atoms with van der Waals surface area (Å²) in [6.07, 6.45) is 7.72. The largest absolute Gasteiger partial charge is 0.356 e. The molecule has 0 aliphatic carbocycles. The number of fused-ring (bicyclic) bond motifs is 2. The van der Waals surface area contributed by atoms with E-state index in [-0.39, 0.29) is 10.8 Å². The summed E-state index contributed by atoms with van der Waals surface area (Å²) in [6, 6.07) is 4.38. The van der Waals surface area contributed by atoms with Crippen LogP contribution in [0.1, 0.15) is 46.0 Å². The Morgan fingerprint density at radius 3 is 2.38 bits per heavy atom. The predicted molar refractivity (Wildman–Crippen MR) is 121 cm³/mol. The first-order valence-corrected chi connectivity index (χ1v) is 10.5. The Balaban J connectivity index is 1.75. The summed E-state index contributed by atoms with van der Waals surface area (Å²) in [7, 11) is 2.09. The van der Waals surface area contributed by atoms with Crippen LogP contribution in [-0.2, 0) is 24.4 Å². The Kier molecular flexibility index (Phi) is 4.71. The monoisotopic (exact) mass is 429 g/mol. The van der Waals surface area contributed by atoms with Crippen LogP contribution in [0, 0.1) is 0 Å². The van der Waals surface area contributed by atoms with Gasteiger partial charge in [0.15, 0.2) is 18.9 Å². The summed E-state index contributed by atoms with van der Waals surface area (Å²) in [5, 5.41) is 3.59. The summed E-state index contributed by atoms with van der Waals surface area (Å²) >= 11 is 13.0. The molecule has 0 unspecified atom stereocenters. The molecule has 4 heterocycles. The number of rotatable bonds is 3. The summed E-state index contributed by atoms with van der Waals surface area (Å²) < 4.78 is 4.39. The van der Waals surface area contributed by atoms with Crippen LogP contribution < -0.4 is 4.57 Å². The number of aryl methyl sites for hydroxylation is 1. The van der Waals surface area contributed by atoms with E-state index in [1.165, 1.54) is 5.69 Å². The van der Waals surface area contributed by atoms with Gasteiger partial charge in [0, 0.05) is 41.6 Å². The van der Waals surface area contributed by atoms with Crippen molar-refractivity contribution in [2.45, 2.75) is 52.0 Å². The highest BCUT2D eigenvalue weighted by molar-refractivity contribution is 6.35. The fourth-order valence-corrected chi connectivity index (χ4v) is 4.75. The van der Waals surface area contributed by atoms with Crippen LogP contribution in [0.4, 0.5) is 0 Å². The molecule has 1 N–H and O–H groups in total. The van der Waals surface area contributed by atoms with E-state index in [2.05, 4.69) is 79.1 Å². The van der Waals surface area contributed by atoms with E-state index in [1.807, 2.05) is 12.4 Å². The molecule has 4 nitrogen and oxygen atoms in total. The van der Waals surface area contributed by atoms with Gasteiger partial charge in [-0.1, -0.05) is 44.0 Å². The van der Waals surface area contributed by atoms with Crippen LogP contribution in [0.15, 0.2) is 36.9 Å². The molecule has 0 amide bonds. The van der Waals surface area contributed by atoms with E-state index in [0.29, 0.717) is 5.02 Å². The molecular weight excluding hydrogens is 403 g/mol. The number of nitrogens with zero attached hydrogens (tertiary/aromatic N) is 3. The lowest BCUT2D eigenvalue weighted by atomic mass is 9.89. The molecule has 152 valence electrons. The van der Waals surface area contributed by atoms with Crippen molar-refractivity contribution in [2.24, 2.45) is 7.05 Å². The van der Waals surface area contributed by atoms with Crippen molar-refractivity contribution in [1.29, 1.82) is 0 Å². The third kappa shape index (κ3) is 3.53. The van der Waals surface area contributed by atoms with Gasteiger partial charge in [-0.25, -0.2) is 4.57 Å². The molecule has 0 aromatic carbocycles. The highest BCUT2D eigenvalue weighted by Crippen LogP contribution is 2.32. The second-order valence-electron chi connectivity index (χ2n) is 9.57. The number of pyridine rings is 2. The zero-order valence-corrected chi connectivity index (χ0v) is 19.3. The lowest BCUT2D eigenvalue weighted by Crippen LogP contribution is -2.43. The molecule has 0 saturated carbocycles. The van der Waals surface area contributed by atoms with Gasteiger partial charge in [0.1, 0.15) is 5.02 Å². The lowest BCUT2D eigenvalue weighted by Gasteiger charge is -2.20. The zero-order chi connectivity index (χ0) is 21.1. The Morgan fingerprint density at radius 2 is 1.72 bits per heavy atom. The number of aromatic nitrogens is 4. The van der Waals surface area contributed by atoms with Gasteiger partial charge in [-0.2, -0.15) is 0 Å². The number of halogens is 2. The minimum absolute atomic E-state index is 0.0544. The smallest absolute Gasteiger partial charge is 0.189 e. The van der Waals surface area contributed by atoms with Gasteiger partial charge >= 0.3 is 0 Å². The van der Waals surface area contributed by atoms with Crippen LogP contribution in [-0.4, -0.2) is 14.5 Å². The molecule has 29 heavy (non-hydrogen) atoms. The third-order valence-corrected chi connectivity index (χ3v) is 6.20. The Morgan fingerprint density at radius 1 is 1.00 bits per heavy atom. The molecule has 0 spiro atoms. The predicted octanol–water partition coefficient (Wildman–Crippen LogP) is 5.92. The van der Waals surface area contributed by atoms with Crippen molar-refractivity contribution in [3.8, 4) is 0 Å². The fourth-order valence-electron chi connectivity index (χ4n) is 4.18. The van der Waals surface area contributed by atoms with Gasteiger partial charge < -0.3 is 9.55 Å². The van der Waals surface area contributed by atoms with Crippen molar-refractivity contribution in [3.63, 3.8) is 0 Å². The SMILES string of the molecule is Cn1c(C(C)(C)C)cc2c[n+](CC(C)(C)c3cc4cncc(Cl)c4[nH]3)cc(Cl)c21. The molecule has 0 bridgehead atoms. The minimum atomic E-state index is -0.147. The number of hydrogen-bond acceptors (Lipinski definition) is 1. The van der Waals surface area contributed by atoms with E-state index in [4.69, 9.17) is 23.2 Å². The van der Waals surface area contributed by atoms with Crippen molar-refractivity contribution >= 4 is 45.0 Å². The number of aromatic amines is 1. The van der Waals surface area contributed by atoms with Crippen LogP contribution in [0.5, 0.6) is 0 Å². The second-order valence-corrected chi connectivity index (χ2v) is 10.4. The van der Waals surface area contributed by atoms with Gasteiger partial charge in [-0.05, 0) is 26.0 Å². The summed E-state index contributed by atoms with van der Waals surface area (Å²) in [5.74, 6) is 0. The number of H-pyrrole nitrogens is 1. The van der Waals surface area contributed by atoms with E-state index >= 15 is 0 Å². The third-order valence-electron chi connectivity index (χ3n) is 5.64. The van der Waals surface area contributed by atoms with E-state index in [9.17, 15) is 0 Å². The molecule has 0 atom stereocenters. The average Bonchev–Trinajstić information content (AvgIpc) is 3.17. The molecule has 0 saturated heterocycles. The van der Waals surface area contributed by atoms with Crippen molar-refractivity contribution in [3.05, 3.63) is 58.4 Å². The van der Waals surface area contributed by atoms with Crippen LogP contribution in [0.2, 0.25) is 10.0 Å². The van der Waals surface area contributed by atoms with E-state index in [0.717, 1.165) is 39.1 Å². The number of nitrogens with one attached hydrogen (secondary N) is 1. The standard InChI is InChI=1S/C23H27Cl2N4/c1-22(2,3)19-8-15-11-29(12-17(25)21(15)28(19)6)13-23(4,5)18-7-14-9-26-10-16(24)20(14)27-18/h7-12,27H,13H2,1-6H3/q+1. The highest BCUT2D eigenvalue weighted by Gasteiger charge is 2.30. The maximum absolute atomic E-state index is 6.72. The lowest BCUT2D eigenvalue weighted by molar-refractivity contribution is -0.703. The first-order chi connectivity index (χ1) is 13.5. The highest BCUT2D eigenvalue weighted by atomic mass is 35.5. The quantitative estimate of drug-likeness (QED) is 0.402. The minimum Gasteiger partial charge on any atom is -0.356 e. The Bertz CT molecular complexity index is 1230. The Labute approximate surface area is 181 Å². The Hall–Kier alpha value is -2.04. The van der Waals surface area contributed by atoms with Gasteiger partial charge in [0.05, 0.1) is 26.9 Å². The van der Waals surface area contributed by atoms with Crippen LogP contribution in [0.25, 0.3) is 21.8 Å².